The van der Waals surface area contributed by atoms with E-state index in [0.717, 1.165) is 57.6 Å². The van der Waals surface area contributed by atoms with Gasteiger partial charge in [-0.15, -0.1) is 0 Å². The molecule has 0 radical (unpaired) electrons. The number of piperidine rings is 1. The quantitative estimate of drug-likeness (QED) is 0.912. The highest BCUT2D eigenvalue weighted by molar-refractivity contribution is 5.82. The highest BCUT2D eigenvalue weighted by Gasteiger charge is 2.30. The highest BCUT2D eigenvalue weighted by Crippen LogP contribution is 2.21. The normalized spacial score (nSPS) is 21.6. The van der Waals surface area contributed by atoms with E-state index in [1.807, 2.05) is 16.6 Å². The number of carbonyl (C=O) groups excluding carboxylic acids is 1. The first-order valence-corrected chi connectivity index (χ1v) is 9.68. The fourth-order valence-electron chi connectivity index (χ4n) is 4.10. The minimum absolute atomic E-state index is 0.187. The highest BCUT2D eigenvalue weighted by atomic mass is 16.5. The molecule has 1 N–H and O–H groups in total. The second-order valence-electron chi connectivity index (χ2n) is 7.57. The molecule has 1 unspecified atom stereocenters. The van der Waals surface area contributed by atoms with Gasteiger partial charge in [-0.2, -0.15) is 5.10 Å². The van der Waals surface area contributed by atoms with Gasteiger partial charge in [-0.05, 0) is 44.7 Å². The number of likely N-dealkylation sites (tertiary alicyclic amines) is 1. The van der Waals surface area contributed by atoms with E-state index in [0.29, 0.717) is 6.04 Å². The van der Waals surface area contributed by atoms with Crippen LogP contribution in [-0.4, -0.2) is 52.4 Å². The number of rotatable bonds is 4. The Labute approximate surface area is 154 Å². The van der Waals surface area contributed by atoms with Crippen LogP contribution >= 0.6 is 0 Å². The lowest BCUT2D eigenvalue weighted by Gasteiger charge is -2.33. The summed E-state index contributed by atoms with van der Waals surface area (Å²) in [5, 5.41) is 9.56. The monoisotopic (exact) mass is 356 g/mol. The Bertz CT molecular complexity index is 786. The van der Waals surface area contributed by atoms with Crippen molar-refractivity contribution in [1.82, 2.24) is 20.0 Å². The Morgan fingerprint density at radius 2 is 2.12 bits per heavy atom. The summed E-state index contributed by atoms with van der Waals surface area (Å²) in [5.74, 6) is 0.187. The number of aromatic nitrogens is 2. The molecule has 140 valence electrons. The van der Waals surface area contributed by atoms with Crippen LogP contribution < -0.4 is 5.32 Å². The van der Waals surface area contributed by atoms with Gasteiger partial charge in [0.05, 0.1) is 11.2 Å². The van der Waals surface area contributed by atoms with Gasteiger partial charge in [0.25, 0.3) is 5.91 Å². The topological polar surface area (TPSA) is 59.4 Å². The number of amides is 1. The number of nitrogens with one attached hydrogen (secondary N) is 1. The van der Waals surface area contributed by atoms with Crippen LogP contribution in [0.5, 0.6) is 0 Å². The Kier molecular flexibility index (Phi) is 4.96. The maximum Gasteiger partial charge on any atom is 0.251 e. The van der Waals surface area contributed by atoms with Gasteiger partial charge in [0.1, 0.15) is 6.10 Å². The molecule has 1 atom stereocenters. The lowest BCUT2D eigenvalue weighted by atomic mass is 10.0. The first kappa shape index (κ1) is 17.5. The molecule has 1 amide bonds. The third kappa shape index (κ3) is 3.48. The minimum Gasteiger partial charge on any atom is -0.368 e. The van der Waals surface area contributed by atoms with Gasteiger partial charge < -0.3 is 15.0 Å². The SMILES string of the molecule is Cc1ccc2c(c1)c(CNC1CCN(C(=O)C3CCCO3)CC1)nn2C. The number of carbonyl (C=O) groups is 1. The number of fused-ring (bicyclic) bond motifs is 1. The van der Waals surface area contributed by atoms with Crippen molar-refractivity contribution < 1.29 is 9.53 Å². The molecule has 6 nitrogen and oxygen atoms in total. The van der Waals surface area contributed by atoms with Crippen LogP contribution in [0.1, 0.15) is 36.9 Å². The van der Waals surface area contributed by atoms with Crippen LogP contribution in [0.2, 0.25) is 0 Å². The standard InChI is InChI=1S/C20H28N4O2/c1-14-5-6-18-16(12-14)17(22-23(18)2)13-21-15-7-9-24(10-8-15)20(25)19-4-3-11-26-19/h5-6,12,15,19,21H,3-4,7-11,13H2,1-2H3. The molecule has 0 spiro atoms. The van der Waals surface area contributed by atoms with Crippen LogP contribution in [0.15, 0.2) is 18.2 Å². The van der Waals surface area contributed by atoms with E-state index in [1.54, 1.807) is 0 Å². The van der Waals surface area contributed by atoms with Crippen molar-refractivity contribution in [3.05, 3.63) is 29.5 Å². The first-order chi connectivity index (χ1) is 12.6. The van der Waals surface area contributed by atoms with Gasteiger partial charge in [0.15, 0.2) is 0 Å². The average molecular weight is 356 g/mol. The third-order valence-corrected chi connectivity index (χ3v) is 5.65. The van der Waals surface area contributed by atoms with E-state index in [4.69, 9.17) is 4.74 Å². The maximum absolute atomic E-state index is 12.4. The molecule has 26 heavy (non-hydrogen) atoms. The van der Waals surface area contributed by atoms with Crippen LogP contribution in [-0.2, 0) is 23.1 Å². The third-order valence-electron chi connectivity index (χ3n) is 5.65. The zero-order valence-electron chi connectivity index (χ0n) is 15.7. The van der Waals surface area contributed by atoms with Crippen molar-refractivity contribution in [2.45, 2.75) is 51.3 Å². The number of ether oxygens (including phenoxy) is 1. The van der Waals surface area contributed by atoms with Crippen molar-refractivity contribution >= 4 is 16.8 Å². The molecule has 1 aromatic carbocycles. The molecule has 3 heterocycles. The molecule has 4 rings (SSSR count). The zero-order valence-corrected chi connectivity index (χ0v) is 15.7. The van der Waals surface area contributed by atoms with Crippen molar-refractivity contribution in [1.29, 1.82) is 0 Å². The second kappa shape index (κ2) is 7.37. The van der Waals surface area contributed by atoms with Gasteiger partial charge in [-0.25, -0.2) is 0 Å². The Hall–Kier alpha value is -1.92. The molecule has 2 fully saturated rings. The van der Waals surface area contributed by atoms with E-state index < -0.39 is 0 Å². The molecule has 0 saturated carbocycles. The lowest BCUT2D eigenvalue weighted by Crippen LogP contribution is -2.47. The fourth-order valence-corrected chi connectivity index (χ4v) is 4.10. The summed E-state index contributed by atoms with van der Waals surface area (Å²) < 4.78 is 7.49. The molecule has 2 aromatic rings. The molecule has 6 heteroatoms. The largest absolute Gasteiger partial charge is 0.368 e. The van der Waals surface area contributed by atoms with Gasteiger partial charge in [-0.3, -0.25) is 9.48 Å². The van der Waals surface area contributed by atoms with E-state index in [1.165, 1.54) is 16.5 Å². The predicted octanol–water partition coefficient (Wildman–Crippen LogP) is 2.14. The summed E-state index contributed by atoms with van der Waals surface area (Å²) in [6, 6.07) is 6.91. The van der Waals surface area contributed by atoms with Crippen LogP contribution in [0.25, 0.3) is 10.9 Å². The molecule has 2 aliphatic rings. The smallest absolute Gasteiger partial charge is 0.251 e. The van der Waals surface area contributed by atoms with Gasteiger partial charge in [-0.1, -0.05) is 11.6 Å². The van der Waals surface area contributed by atoms with Crippen molar-refractivity contribution in [3.8, 4) is 0 Å². The molecule has 0 bridgehead atoms. The molecule has 1 aromatic heterocycles. The van der Waals surface area contributed by atoms with E-state index in [-0.39, 0.29) is 12.0 Å². The van der Waals surface area contributed by atoms with E-state index in [2.05, 4.69) is 35.5 Å². The van der Waals surface area contributed by atoms with Crippen LogP contribution in [0.4, 0.5) is 0 Å². The van der Waals surface area contributed by atoms with E-state index in [9.17, 15) is 4.79 Å². The zero-order chi connectivity index (χ0) is 18.1. The van der Waals surface area contributed by atoms with Crippen molar-refractivity contribution in [2.24, 2.45) is 7.05 Å². The molecular weight excluding hydrogens is 328 g/mol. The number of nitrogens with zero attached hydrogens (tertiary/aromatic N) is 3. The lowest BCUT2D eigenvalue weighted by molar-refractivity contribution is -0.142. The number of benzene rings is 1. The summed E-state index contributed by atoms with van der Waals surface area (Å²) in [7, 11) is 2.00. The summed E-state index contributed by atoms with van der Waals surface area (Å²) in [5.41, 5.74) is 3.53. The number of hydrogen-bond donors (Lipinski definition) is 1. The summed E-state index contributed by atoms with van der Waals surface area (Å²) >= 11 is 0. The maximum atomic E-state index is 12.4. The number of aryl methyl sites for hydroxylation is 2. The second-order valence-corrected chi connectivity index (χ2v) is 7.57. The molecule has 2 saturated heterocycles. The molecule has 0 aliphatic carbocycles. The Balaban J connectivity index is 1.32. The van der Waals surface area contributed by atoms with E-state index >= 15 is 0 Å². The number of hydrogen-bond acceptors (Lipinski definition) is 4. The van der Waals surface area contributed by atoms with Crippen LogP contribution in [0.3, 0.4) is 0 Å². The summed E-state index contributed by atoms with van der Waals surface area (Å²) in [6.45, 7) is 5.25. The Morgan fingerprint density at radius 1 is 1.31 bits per heavy atom. The average Bonchev–Trinajstić information content (AvgIpc) is 3.28. The molecular formula is C20H28N4O2. The minimum atomic E-state index is -0.192. The van der Waals surface area contributed by atoms with Gasteiger partial charge in [0.2, 0.25) is 0 Å². The van der Waals surface area contributed by atoms with Gasteiger partial charge >= 0.3 is 0 Å². The van der Waals surface area contributed by atoms with Crippen LogP contribution in [0, 0.1) is 6.92 Å². The Morgan fingerprint density at radius 3 is 2.85 bits per heavy atom. The molecule has 2 aliphatic heterocycles. The van der Waals surface area contributed by atoms with Crippen molar-refractivity contribution in [3.63, 3.8) is 0 Å². The summed E-state index contributed by atoms with van der Waals surface area (Å²) in [6.07, 6.45) is 3.67. The fraction of sp³-hybridized carbons (Fsp3) is 0.600. The van der Waals surface area contributed by atoms with Gasteiger partial charge in [0, 0.05) is 44.7 Å². The summed E-state index contributed by atoms with van der Waals surface area (Å²) in [4.78, 5) is 14.4. The predicted molar refractivity (Wildman–Crippen MR) is 101 cm³/mol. The van der Waals surface area contributed by atoms with Crippen molar-refractivity contribution in [2.75, 3.05) is 19.7 Å². The first-order valence-electron chi connectivity index (χ1n) is 9.68.